The van der Waals surface area contributed by atoms with E-state index in [1.807, 2.05) is 0 Å². The average Bonchev–Trinajstić information content (AvgIpc) is 2.80. The van der Waals surface area contributed by atoms with E-state index in [-0.39, 0.29) is 36.0 Å². The second kappa shape index (κ2) is 9.69. The Labute approximate surface area is 193 Å². The summed E-state index contributed by atoms with van der Waals surface area (Å²) in [6, 6.07) is 6.72. The van der Waals surface area contributed by atoms with Gasteiger partial charge in [0.05, 0.1) is 19.6 Å². The molecule has 0 aliphatic rings. The number of hydrogen-bond acceptors (Lipinski definition) is 8. The summed E-state index contributed by atoms with van der Waals surface area (Å²) in [6.45, 7) is 1.44. The van der Waals surface area contributed by atoms with Crippen LogP contribution in [0.2, 0.25) is 0 Å². The largest absolute Gasteiger partial charge is 0.504 e. The van der Waals surface area contributed by atoms with E-state index in [9.17, 15) is 29.4 Å². The Morgan fingerprint density at radius 2 is 1.82 bits per heavy atom. The van der Waals surface area contributed by atoms with Crippen LogP contribution in [-0.2, 0) is 25.4 Å². The molecule has 0 fully saturated rings. The summed E-state index contributed by atoms with van der Waals surface area (Å²) in [4.78, 5) is 49.1. The van der Waals surface area contributed by atoms with Crippen LogP contribution in [0.3, 0.4) is 0 Å². The van der Waals surface area contributed by atoms with E-state index in [4.69, 9.17) is 9.15 Å². The molecule has 0 unspecified atom stereocenters. The first-order chi connectivity index (χ1) is 16.0. The second-order valence-corrected chi connectivity index (χ2v) is 7.77. The van der Waals surface area contributed by atoms with Gasteiger partial charge in [-0.15, -0.1) is 0 Å². The molecule has 180 valence electrons. The Morgan fingerprint density at radius 3 is 2.50 bits per heavy atom. The highest BCUT2D eigenvalue weighted by molar-refractivity contribution is 5.77. The predicted molar refractivity (Wildman–Crippen MR) is 121 cm³/mol. The second-order valence-electron chi connectivity index (χ2n) is 7.77. The average molecular weight is 471 g/mol. The summed E-state index contributed by atoms with van der Waals surface area (Å²) < 4.78 is 12.9. The highest BCUT2D eigenvalue weighted by Gasteiger charge is 2.27. The Kier molecular flexibility index (Phi) is 6.94. The fourth-order valence-corrected chi connectivity index (χ4v) is 3.53. The van der Waals surface area contributed by atoms with Gasteiger partial charge in [-0.25, -0.2) is 4.79 Å². The molecule has 0 spiro atoms. The molecule has 11 nitrogen and oxygen atoms in total. The van der Waals surface area contributed by atoms with E-state index < -0.39 is 34.3 Å². The summed E-state index contributed by atoms with van der Waals surface area (Å²) in [5.74, 6) is -1.92. The van der Waals surface area contributed by atoms with E-state index in [1.54, 1.807) is 0 Å². The number of phenols is 1. The molecule has 3 rings (SSSR count). The van der Waals surface area contributed by atoms with Crippen molar-refractivity contribution >= 4 is 5.91 Å². The van der Waals surface area contributed by atoms with Crippen LogP contribution >= 0.6 is 0 Å². The van der Waals surface area contributed by atoms with Crippen LogP contribution in [0.15, 0.2) is 49.1 Å². The Balaban J connectivity index is 1.95. The Bertz CT molecular complexity index is 1420. The molecule has 2 aromatic heterocycles. The minimum atomic E-state index is -0.908. The summed E-state index contributed by atoms with van der Waals surface area (Å²) >= 11 is 0. The van der Waals surface area contributed by atoms with Crippen LogP contribution < -0.4 is 26.7 Å². The third-order valence-electron chi connectivity index (χ3n) is 5.48. The molecule has 11 heteroatoms. The first kappa shape index (κ1) is 24.4. The number of nitrogens with zero attached hydrogens (tertiary/aromatic N) is 2. The molecule has 3 N–H and O–H groups in total. The topological polar surface area (TPSA) is 153 Å². The number of carbonyl (C=O) groups is 1. The maximum absolute atomic E-state index is 12.9. The van der Waals surface area contributed by atoms with Gasteiger partial charge in [-0.2, -0.15) is 0 Å². The van der Waals surface area contributed by atoms with E-state index in [2.05, 4.69) is 5.32 Å². The predicted octanol–water partition coefficient (Wildman–Crippen LogP) is 0.604. The molecular formula is C23H25N3O8. The van der Waals surface area contributed by atoms with Crippen molar-refractivity contribution in [2.45, 2.75) is 25.8 Å². The van der Waals surface area contributed by atoms with Gasteiger partial charge >= 0.3 is 5.69 Å². The van der Waals surface area contributed by atoms with Gasteiger partial charge in [0.25, 0.3) is 5.56 Å². The van der Waals surface area contributed by atoms with E-state index >= 15 is 0 Å². The van der Waals surface area contributed by atoms with Gasteiger partial charge in [-0.1, -0.05) is 6.07 Å². The highest BCUT2D eigenvalue weighted by Crippen LogP contribution is 2.37. The fourth-order valence-electron chi connectivity index (χ4n) is 3.53. The van der Waals surface area contributed by atoms with Crippen molar-refractivity contribution in [3.63, 3.8) is 0 Å². The van der Waals surface area contributed by atoms with Crippen LogP contribution in [0.25, 0.3) is 0 Å². The van der Waals surface area contributed by atoms with Crippen molar-refractivity contribution in [3.8, 4) is 17.2 Å². The summed E-state index contributed by atoms with van der Waals surface area (Å²) in [5.41, 5.74) is -0.959. The highest BCUT2D eigenvalue weighted by atomic mass is 16.5. The van der Waals surface area contributed by atoms with Gasteiger partial charge in [0, 0.05) is 38.3 Å². The first-order valence-corrected chi connectivity index (χ1v) is 10.3. The quantitative estimate of drug-likeness (QED) is 0.453. The molecular weight excluding hydrogens is 446 g/mol. The molecule has 0 aliphatic carbocycles. The lowest BCUT2D eigenvalue weighted by Crippen LogP contribution is -2.39. The molecule has 0 aliphatic heterocycles. The Hall–Kier alpha value is -4.28. The van der Waals surface area contributed by atoms with Crippen molar-refractivity contribution in [1.29, 1.82) is 0 Å². The van der Waals surface area contributed by atoms with Crippen molar-refractivity contribution in [3.05, 3.63) is 84.2 Å². The van der Waals surface area contributed by atoms with Crippen molar-refractivity contribution in [1.82, 2.24) is 14.5 Å². The smallest absolute Gasteiger partial charge is 0.330 e. The van der Waals surface area contributed by atoms with E-state index in [0.29, 0.717) is 11.3 Å². The third-order valence-corrected chi connectivity index (χ3v) is 5.48. The van der Waals surface area contributed by atoms with Gasteiger partial charge < -0.3 is 24.7 Å². The van der Waals surface area contributed by atoms with Crippen molar-refractivity contribution in [2.24, 2.45) is 14.1 Å². The number of aromatic nitrogens is 2. The summed E-state index contributed by atoms with van der Waals surface area (Å²) in [7, 11) is 4.19. The van der Waals surface area contributed by atoms with Crippen molar-refractivity contribution < 1.29 is 24.2 Å². The lowest BCUT2D eigenvalue weighted by atomic mass is 9.91. The number of rotatable bonds is 7. The number of hydrogen-bond donors (Lipinski definition) is 3. The molecule has 2 heterocycles. The zero-order chi connectivity index (χ0) is 25.2. The number of nitrogens with one attached hydrogen (secondary N) is 1. The molecule has 1 atom stereocenters. The first-order valence-electron chi connectivity index (χ1n) is 10.3. The molecule has 34 heavy (non-hydrogen) atoms. The van der Waals surface area contributed by atoms with Crippen LogP contribution in [-0.4, -0.2) is 32.4 Å². The van der Waals surface area contributed by atoms with Crippen LogP contribution in [0, 0.1) is 6.92 Å². The van der Waals surface area contributed by atoms with Gasteiger partial charge in [0.1, 0.15) is 5.76 Å². The van der Waals surface area contributed by atoms with Gasteiger partial charge in [-0.05, 0) is 24.6 Å². The maximum atomic E-state index is 12.9. The lowest BCUT2D eigenvalue weighted by molar-refractivity contribution is -0.121. The zero-order valence-corrected chi connectivity index (χ0v) is 19.1. The number of amides is 1. The number of benzene rings is 1. The molecule has 0 saturated heterocycles. The SMILES string of the molecule is COc1cc([C@@H](CC(=O)NCc2cc(=O)n(C)c(=O)n2C)c2oc(C)cc(=O)c2O)ccc1O. The number of ether oxygens (including phenoxy) is 1. The lowest BCUT2D eigenvalue weighted by Gasteiger charge is -2.19. The van der Waals surface area contributed by atoms with Crippen LogP contribution in [0.1, 0.15) is 35.1 Å². The minimum Gasteiger partial charge on any atom is -0.504 e. The molecule has 1 amide bonds. The zero-order valence-electron chi connectivity index (χ0n) is 19.1. The standard InChI is InChI=1S/C23H25N3O8/c1-12-7-17(28)21(31)22(34-12)15(13-5-6-16(27)18(8-13)33-4)10-19(29)24-11-14-9-20(30)26(3)23(32)25(14)2/h5-9,15,27,31H,10-11H2,1-4H3,(H,24,29)/t15-/m1/s1. The maximum Gasteiger partial charge on any atom is 0.330 e. The molecule has 0 radical (unpaired) electrons. The molecule has 0 bridgehead atoms. The van der Waals surface area contributed by atoms with Gasteiger partial charge in [0.2, 0.25) is 17.1 Å². The Morgan fingerprint density at radius 1 is 1.12 bits per heavy atom. The van der Waals surface area contributed by atoms with Crippen LogP contribution in [0.4, 0.5) is 0 Å². The molecule has 1 aromatic carbocycles. The summed E-state index contributed by atoms with van der Waals surface area (Å²) in [5, 5.41) is 23.0. The third kappa shape index (κ3) is 4.87. The van der Waals surface area contributed by atoms with E-state index in [1.165, 1.54) is 57.0 Å². The number of methoxy groups -OCH3 is 1. The summed E-state index contributed by atoms with van der Waals surface area (Å²) in [6.07, 6.45) is -0.257. The van der Waals surface area contributed by atoms with E-state index in [0.717, 1.165) is 10.6 Å². The monoisotopic (exact) mass is 471 g/mol. The number of carbonyl (C=O) groups excluding carboxylic acids is 1. The van der Waals surface area contributed by atoms with Crippen LogP contribution in [0.5, 0.6) is 17.2 Å². The normalized spacial score (nSPS) is 11.8. The van der Waals surface area contributed by atoms with Gasteiger partial charge in [-0.3, -0.25) is 23.5 Å². The molecule has 3 aromatic rings. The number of aryl methyl sites for hydroxylation is 1. The van der Waals surface area contributed by atoms with Crippen molar-refractivity contribution in [2.75, 3.05) is 7.11 Å². The molecule has 0 saturated carbocycles. The number of aromatic hydroxyl groups is 2. The minimum absolute atomic E-state index is 0.101. The number of phenolic OH excluding ortho intramolecular Hbond substituents is 1. The fraction of sp³-hybridized carbons (Fsp3) is 0.304. The van der Waals surface area contributed by atoms with Gasteiger partial charge in [0.15, 0.2) is 17.3 Å².